The molecule has 0 fully saturated rings. The number of hydrogen-bond acceptors (Lipinski definition) is 2. The van der Waals surface area contributed by atoms with Crippen LogP contribution in [0.1, 0.15) is 27.7 Å². The third-order valence-corrected chi connectivity index (χ3v) is 1.69. The van der Waals surface area contributed by atoms with Gasteiger partial charge in [-0.2, -0.15) is 0 Å². The quantitative estimate of drug-likeness (QED) is 0.698. The van der Waals surface area contributed by atoms with Crippen LogP contribution in [0.2, 0.25) is 0 Å². The molecule has 0 atom stereocenters. The standard InChI is InChI=1S/C9H20NO.Tl/c1-8(2)11-9(3,4)7-10(5)6;/h7H2,1-6H3;. The van der Waals surface area contributed by atoms with Gasteiger partial charge in [0.25, 0.3) is 0 Å². The van der Waals surface area contributed by atoms with Gasteiger partial charge in [0.15, 0.2) is 0 Å². The monoisotopic (exact) mass is 363 g/mol. The molecule has 0 aromatic heterocycles. The molecule has 0 bridgehead atoms. The van der Waals surface area contributed by atoms with Gasteiger partial charge in [-0.1, -0.05) is 0 Å². The summed E-state index contributed by atoms with van der Waals surface area (Å²) in [5, 5.41) is 0. The Kier molecular flexibility index (Phi) is 4.68. The first-order chi connectivity index (χ1) is 5.12. The second kappa shape index (κ2) is 4.37. The zero-order valence-corrected chi connectivity index (χ0v) is 13.6. The van der Waals surface area contributed by atoms with E-state index in [1.807, 2.05) is 0 Å². The van der Waals surface area contributed by atoms with Crippen molar-refractivity contribution in [2.45, 2.75) is 36.5 Å². The number of likely N-dealkylation sites (N-methyl/N-ethyl adjacent to an activating group) is 1. The number of rotatable bonds is 4. The molecule has 0 aliphatic heterocycles. The average Bonchev–Trinajstić information content (AvgIpc) is 1.48. The Morgan fingerprint density at radius 2 is 1.58 bits per heavy atom. The van der Waals surface area contributed by atoms with Gasteiger partial charge in [-0.3, -0.25) is 0 Å². The fraction of sp³-hybridized carbons (Fsp3) is 1.00. The van der Waals surface area contributed by atoms with Crippen molar-refractivity contribution in [1.29, 1.82) is 0 Å². The molecule has 3 heteroatoms. The summed E-state index contributed by atoms with van der Waals surface area (Å²) in [6.45, 7) is 9.60. The van der Waals surface area contributed by atoms with Crippen LogP contribution in [0, 0.1) is 0 Å². The summed E-state index contributed by atoms with van der Waals surface area (Å²) < 4.78 is 6.08. The molecule has 0 radical (unpaired) electrons. The Bertz CT molecular complexity index is 138. The van der Waals surface area contributed by atoms with Crippen LogP contribution in [0.4, 0.5) is 0 Å². The Labute approximate surface area is 92.3 Å². The molecule has 0 heterocycles. The molecule has 0 aromatic carbocycles. The zero-order chi connectivity index (χ0) is 9.99. The normalized spacial score (nSPS) is 13.8. The number of ether oxygens (including phenoxy) is 1. The maximum absolute atomic E-state index is 5.97. The van der Waals surface area contributed by atoms with Crippen LogP contribution in [0.3, 0.4) is 0 Å². The fourth-order valence-corrected chi connectivity index (χ4v) is 2.75. The van der Waals surface area contributed by atoms with Crippen molar-refractivity contribution < 1.29 is 4.74 Å². The van der Waals surface area contributed by atoms with Crippen molar-refractivity contribution in [2.75, 3.05) is 20.6 Å². The molecule has 0 rings (SSSR count). The van der Waals surface area contributed by atoms with Crippen LogP contribution in [-0.4, -0.2) is 60.1 Å². The van der Waals surface area contributed by atoms with Crippen molar-refractivity contribution in [3.8, 4) is 0 Å². The minimum absolute atomic E-state index is 0.0260. The fourth-order valence-electron chi connectivity index (χ4n) is 1.51. The zero-order valence-electron chi connectivity index (χ0n) is 9.14. The van der Waals surface area contributed by atoms with Gasteiger partial charge in [0.1, 0.15) is 0 Å². The first-order valence-electron chi connectivity index (χ1n) is 4.26. The first kappa shape index (κ1) is 12.8. The van der Waals surface area contributed by atoms with Gasteiger partial charge in [-0.25, -0.2) is 0 Å². The Hall–Kier alpha value is 0.842. The van der Waals surface area contributed by atoms with Crippen LogP contribution in [0.25, 0.3) is 0 Å². The predicted octanol–water partition coefficient (Wildman–Crippen LogP) is 1.25. The molecule has 0 saturated carbocycles. The van der Waals surface area contributed by atoms with E-state index in [0.717, 1.165) is 32.3 Å². The van der Waals surface area contributed by atoms with Gasteiger partial charge in [0, 0.05) is 0 Å². The van der Waals surface area contributed by atoms with Gasteiger partial charge in [-0.15, -0.1) is 0 Å². The van der Waals surface area contributed by atoms with Gasteiger partial charge >= 0.3 is 92.5 Å². The summed E-state index contributed by atoms with van der Waals surface area (Å²) in [6.07, 6.45) is 0. The SMILES string of the molecule is CN(C)CC(C)(C)O[C](C)(C)[Tl]. The first-order valence-corrected chi connectivity index (χ1v) is 6.51. The molecule has 12 heavy (non-hydrogen) atoms. The summed E-state index contributed by atoms with van der Waals surface area (Å²) >= 11 is 0.865. The molecule has 0 spiro atoms. The molecular weight excluding hydrogens is 342 g/mol. The van der Waals surface area contributed by atoms with Gasteiger partial charge < -0.3 is 0 Å². The topological polar surface area (TPSA) is 12.5 Å². The van der Waals surface area contributed by atoms with Crippen LogP contribution >= 0.6 is 0 Å². The molecule has 0 aliphatic rings. The molecule has 0 amide bonds. The Morgan fingerprint density at radius 3 is 1.83 bits per heavy atom. The van der Waals surface area contributed by atoms with Crippen molar-refractivity contribution in [3.63, 3.8) is 0 Å². The third-order valence-electron chi connectivity index (χ3n) is 1.24. The molecule has 0 unspecified atom stereocenters. The second-order valence-corrected chi connectivity index (χ2v) is 10.1. The van der Waals surface area contributed by atoms with Crippen molar-refractivity contribution >= 4 is 25.8 Å². The van der Waals surface area contributed by atoms with E-state index in [0.29, 0.717) is 0 Å². The van der Waals surface area contributed by atoms with Crippen molar-refractivity contribution in [1.82, 2.24) is 4.90 Å². The van der Waals surface area contributed by atoms with Gasteiger partial charge in [-0.05, 0) is 0 Å². The molecule has 0 aromatic rings. The molecule has 70 valence electrons. The van der Waals surface area contributed by atoms with Crippen molar-refractivity contribution in [2.24, 2.45) is 0 Å². The minimum atomic E-state index is -0.0260. The molecule has 0 aliphatic carbocycles. The van der Waals surface area contributed by atoms with E-state index in [2.05, 4.69) is 46.7 Å². The Morgan fingerprint density at radius 1 is 1.17 bits per heavy atom. The van der Waals surface area contributed by atoms with E-state index < -0.39 is 0 Å². The maximum atomic E-state index is 5.97. The average molecular weight is 363 g/mol. The molecular formula is C9H20NOTl. The summed E-state index contributed by atoms with van der Waals surface area (Å²) in [4.78, 5) is 2.16. The van der Waals surface area contributed by atoms with E-state index in [9.17, 15) is 0 Å². The van der Waals surface area contributed by atoms with E-state index >= 15 is 0 Å². The summed E-state index contributed by atoms with van der Waals surface area (Å²) in [6, 6.07) is 0. The summed E-state index contributed by atoms with van der Waals surface area (Å²) in [5.41, 5.74) is -0.0260. The molecule has 0 saturated heterocycles. The van der Waals surface area contributed by atoms with Crippen LogP contribution in [0.15, 0.2) is 0 Å². The van der Waals surface area contributed by atoms with Crippen LogP contribution in [0.5, 0.6) is 0 Å². The third kappa shape index (κ3) is 7.49. The molecule has 0 N–H and O–H groups in total. The van der Waals surface area contributed by atoms with Crippen LogP contribution < -0.4 is 0 Å². The second-order valence-electron chi connectivity index (χ2n) is 4.70. The summed E-state index contributed by atoms with van der Waals surface area (Å²) in [7, 11) is 4.15. The van der Waals surface area contributed by atoms with E-state index in [1.54, 1.807) is 0 Å². The van der Waals surface area contributed by atoms with Crippen LogP contribution in [-0.2, 0) is 4.74 Å². The van der Waals surface area contributed by atoms with E-state index in [-0.39, 0.29) is 8.76 Å². The van der Waals surface area contributed by atoms with Crippen molar-refractivity contribution in [3.05, 3.63) is 0 Å². The Balaban J connectivity index is 4.04. The number of nitrogens with zero attached hydrogens (tertiary/aromatic N) is 1. The summed E-state index contributed by atoms with van der Waals surface area (Å²) in [5.74, 6) is 0. The van der Waals surface area contributed by atoms with Gasteiger partial charge in [0.05, 0.1) is 0 Å². The molecule has 2 nitrogen and oxygen atoms in total. The van der Waals surface area contributed by atoms with E-state index in [4.69, 9.17) is 4.74 Å². The van der Waals surface area contributed by atoms with E-state index in [1.165, 1.54) is 0 Å². The predicted molar refractivity (Wildman–Crippen MR) is 53.6 cm³/mol. The van der Waals surface area contributed by atoms with Gasteiger partial charge in [0.2, 0.25) is 0 Å². The number of hydrogen-bond donors (Lipinski definition) is 0.